The maximum atomic E-state index is 8.80. The third-order valence-corrected chi connectivity index (χ3v) is 1.83. The number of ether oxygens (including phenoxy) is 1. The maximum Gasteiger partial charge on any atom is 0.169 e. The summed E-state index contributed by atoms with van der Waals surface area (Å²) in [5, 5.41) is 8.80. The Kier molecular flexibility index (Phi) is 3.48. The molecule has 0 aliphatic carbocycles. The maximum absolute atomic E-state index is 8.80. The Balaban J connectivity index is 2.81. The van der Waals surface area contributed by atoms with Gasteiger partial charge in [-0.1, -0.05) is 29.8 Å². The van der Waals surface area contributed by atoms with Crippen molar-refractivity contribution in [2.75, 3.05) is 6.61 Å². The summed E-state index contributed by atoms with van der Waals surface area (Å²) in [5.74, 6) is 0. The topological polar surface area (TPSA) is 33.0 Å². The van der Waals surface area contributed by atoms with Gasteiger partial charge in [-0.15, -0.1) is 0 Å². The fraction of sp³-hybridized carbons (Fsp3) is 0.364. The second kappa shape index (κ2) is 4.64. The summed E-state index contributed by atoms with van der Waals surface area (Å²) in [6.45, 7) is 4.47. The minimum atomic E-state index is -0.425. The fourth-order valence-electron chi connectivity index (χ4n) is 1.12. The van der Waals surface area contributed by atoms with E-state index in [1.807, 2.05) is 38.1 Å². The normalized spacial score (nSPS) is 12.1. The molecule has 68 valence electrons. The lowest BCUT2D eigenvalue weighted by atomic mass is 10.1. The smallest absolute Gasteiger partial charge is 0.169 e. The predicted octanol–water partition coefficient (Wildman–Crippen LogP) is 2.60. The lowest BCUT2D eigenvalue weighted by Gasteiger charge is -2.08. The van der Waals surface area contributed by atoms with Crippen LogP contribution in [0, 0.1) is 18.3 Å². The molecule has 2 nitrogen and oxygen atoms in total. The van der Waals surface area contributed by atoms with Gasteiger partial charge in [-0.2, -0.15) is 5.26 Å². The van der Waals surface area contributed by atoms with Gasteiger partial charge in [-0.3, -0.25) is 0 Å². The van der Waals surface area contributed by atoms with E-state index in [4.69, 9.17) is 10.00 Å². The molecule has 0 N–H and O–H groups in total. The molecule has 0 radical (unpaired) electrons. The Hall–Kier alpha value is -1.33. The van der Waals surface area contributed by atoms with Crippen LogP contribution in [0.2, 0.25) is 0 Å². The van der Waals surface area contributed by atoms with Crippen molar-refractivity contribution in [1.82, 2.24) is 0 Å². The third-order valence-electron chi connectivity index (χ3n) is 1.83. The summed E-state index contributed by atoms with van der Waals surface area (Å²) in [6, 6.07) is 9.95. The van der Waals surface area contributed by atoms with Gasteiger partial charge in [-0.05, 0) is 19.4 Å². The van der Waals surface area contributed by atoms with Crippen LogP contribution in [0.15, 0.2) is 24.3 Å². The number of nitriles is 1. The van der Waals surface area contributed by atoms with Crippen molar-refractivity contribution in [3.63, 3.8) is 0 Å². The molecule has 0 aliphatic rings. The Morgan fingerprint density at radius 3 is 2.46 bits per heavy atom. The molecule has 0 saturated carbocycles. The van der Waals surface area contributed by atoms with Gasteiger partial charge in [0.2, 0.25) is 0 Å². The van der Waals surface area contributed by atoms with Gasteiger partial charge in [0.1, 0.15) is 0 Å². The molecule has 0 bridgehead atoms. The van der Waals surface area contributed by atoms with Crippen molar-refractivity contribution in [3.8, 4) is 6.07 Å². The van der Waals surface area contributed by atoms with Crippen LogP contribution in [0.5, 0.6) is 0 Å². The van der Waals surface area contributed by atoms with Gasteiger partial charge in [0.05, 0.1) is 6.07 Å². The first kappa shape index (κ1) is 9.76. The Morgan fingerprint density at radius 2 is 2.00 bits per heavy atom. The van der Waals surface area contributed by atoms with E-state index in [-0.39, 0.29) is 0 Å². The summed E-state index contributed by atoms with van der Waals surface area (Å²) in [6.07, 6.45) is -0.425. The summed E-state index contributed by atoms with van der Waals surface area (Å²) < 4.78 is 5.26. The number of nitrogens with zero attached hydrogens (tertiary/aromatic N) is 1. The highest BCUT2D eigenvalue weighted by molar-refractivity contribution is 5.26. The molecule has 0 saturated heterocycles. The number of rotatable bonds is 3. The summed E-state index contributed by atoms with van der Waals surface area (Å²) in [5.41, 5.74) is 2.12. The van der Waals surface area contributed by atoms with Gasteiger partial charge in [0.15, 0.2) is 6.10 Å². The molecule has 1 aromatic carbocycles. The first-order valence-electron chi connectivity index (χ1n) is 4.35. The van der Waals surface area contributed by atoms with Crippen LogP contribution in [0.1, 0.15) is 24.2 Å². The molecule has 1 unspecified atom stereocenters. The van der Waals surface area contributed by atoms with Crippen LogP contribution in [-0.4, -0.2) is 6.61 Å². The zero-order valence-electron chi connectivity index (χ0n) is 7.95. The minimum Gasteiger partial charge on any atom is -0.359 e. The monoisotopic (exact) mass is 175 g/mol. The Bertz CT molecular complexity index is 297. The zero-order valence-corrected chi connectivity index (χ0v) is 7.95. The lowest BCUT2D eigenvalue weighted by molar-refractivity contribution is 0.102. The third kappa shape index (κ3) is 2.57. The average Bonchev–Trinajstić information content (AvgIpc) is 2.16. The van der Waals surface area contributed by atoms with E-state index in [2.05, 4.69) is 6.07 Å². The highest BCUT2D eigenvalue weighted by atomic mass is 16.5. The van der Waals surface area contributed by atoms with E-state index in [9.17, 15) is 0 Å². The zero-order chi connectivity index (χ0) is 9.68. The summed E-state index contributed by atoms with van der Waals surface area (Å²) in [7, 11) is 0. The van der Waals surface area contributed by atoms with Crippen molar-refractivity contribution >= 4 is 0 Å². The summed E-state index contributed by atoms with van der Waals surface area (Å²) in [4.78, 5) is 0. The Labute approximate surface area is 78.8 Å². The fourth-order valence-corrected chi connectivity index (χ4v) is 1.12. The number of aryl methyl sites for hydroxylation is 1. The van der Waals surface area contributed by atoms with E-state index in [0.717, 1.165) is 5.56 Å². The highest BCUT2D eigenvalue weighted by Crippen LogP contribution is 2.16. The molecule has 0 fully saturated rings. The molecule has 0 aromatic heterocycles. The molecule has 13 heavy (non-hydrogen) atoms. The summed E-state index contributed by atoms with van der Waals surface area (Å²) >= 11 is 0. The number of benzene rings is 1. The van der Waals surface area contributed by atoms with Crippen LogP contribution in [0.4, 0.5) is 0 Å². The second-order valence-electron chi connectivity index (χ2n) is 2.88. The van der Waals surface area contributed by atoms with Crippen LogP contribution in [-0.2, 0) is 4.74 Å². The minimum absolute atomic E-state index is 0.425. The molecule has 0 heterocycles. The van der Waals surface area contributed by atoms with Gasteiger partial charge in [0.25, 0.3) is 0 Å². The van der Waals surface area contributed by atoms with Crippen molar-refractivity contribution < 1.29 is 4.74 Å². The van der Waals surface area contributed by atoms with Crippen LogP contribution in [0.3, 0.4) is 0 Å². The van der Waals surface area contributed by atoms with Gasteiger partial charge < -0.3 is 4.74 Å². The SMILES string of the molecule is CCOC(C#N)c1ccc(C)cc1. The first-order valence-corrected chi connectivity index (χ1v) is 4.35. The molecule has 0 aliphatic heterocycles. The standard InChI is InChI=1S/C11H13NO/c1-3-13-11(8-12)10-6-4-9(2)5-7-10/h4-7,11H,3H2,1-2H3. The van der Waals surface area contributed by atoms with Crippen LogP contribution < -0.4 is 0 Å². The van der Waals surface area contributed by atoms with Gasteiger partial charge >= 0.3 is 0 Å². The first-order chi connectivity index (χ1) is 6.27. The predicted molar refractivity (Wildman–Crippen MR) is 51.2 cm³/mol. The van der Waals surface area contributed by atoms with Crippen molar-refractivity contribution in [3.05, 3.63) is 35.4 Å². The molecule has 2 heteroatoms. The van der Waals surface area contributed by atoms with E-state index in [0.29, 0.717) is 6.61 Å². The highest BCUT2D eigenvalue weighted by Gasteiger charge is 2.08. The Morgan fingerprint density at radius 1 is 1.38 bits per heavy atom. The quantitative estimate of drug-likeness (QED) is 0.707. The lowest BCUT2D eigenvalue weighted by Crippen LogP contribution is -2.01. The van der Waals surface area contributed by atoms with E-state index >= 15 is 0 Å². The number of hydrogen-bond acceptors (Lipinski definition) is 2. The van der Waals surface area contributed by atoms with E-state index in [1.54, 1.807) is 0 Å². The second-order valence-corrected chi connectivity index (χ2v) is 2.88. The molecule has 1 atom stereocenters. The van der Waals surface area contributed by atoms with Gasteiger partial charge in [-0.25, -0.2) is 0 Å². The number of hydrogen-bond donors (Lipinski definition) is 0. The largest absolute Gasteiger partial charge is 0.359 e. The molecule has 0 spiro atoms. The molecular weight excluding hydrogens is 162 g/mol. The van der Waals surface area contributed by atoms with Gasteiger partial charge in [0, 0.05) is 6.61 Å². The van der Waals surface area contributed by atoms with Crippen LogP contribution >= 0.6 is 0 Å². The van der Waals surface area contributed by atoms with Crippen molar-refractivity contribution in [2.45, 2.75) is 20.0 Å². The molecule has 1 aromatic rings. The van der Waals surface area contributed by atoms with E-state index < -0.39 is 6.10 Å². The van der Waals surface area contributed by atoms with E-state index in [1.165, 1.54) is 5.56 Å². The van der Waals surface area contributed by atoms with Crippen LogP contribution in [0.25, 0.3) is 0 Å². The average molecular weight is 175 g/mol. The molecule has 1 rings (SSSR count). The van der Waals surface area contributed by atoms with Crippen molar-refractivity contribution in [2.24, 2.45) is 0 Å². The van der Waals surface area contributed by atoms with Crippen molar-refractivity contribution in [1.29, 1.82) is 5.26 Å². The molecular formula is C11H13NO. The molecule has 0 amide bonds.